The van der Waals surface area contributed by atoms with E-state index in [9.17, 15) is 9.59 Å². The van der Waals surface area contributed by atoms with Gasteiger partial charge in [-0.25, -0.2) is 0 Å². The normalized spacial score (nSPS) is 24.3. The maximum atomic E-state index is 12.2. The number of amides is 2. The summed E-state index contributed by atoms with van der Waals surface area (Å²) < 4.78 is 2.05. The van der Waals surface area contributed by atoms with Crippen molar-refractivity contribution in [2.45, 2.75) is 44.7 Å². The monoisotopic (exact) mass is 326 g/mol. The standard InChI is InChI=1S/C18H22N4O2/c1-11-2-7-16(21(9-11)18(24)17(19)23)12-3-4-13-10-22(14-5-6-14)20-15(13)8-12/h3-4,8,10-11,14,16H,2,5-7,9H2,1H3,(H2,19,23)/t11-,16+/m0/s1. The summed E-state index contributed by atoms with van der Waals surface area (Å²) in [5.41, 5.74) is 7.22. The van der Waals surface area contributed by atoms with E-state index in [2.05, 4.69) is 30.4 Å². The molecule has 2 heterocycles. The van der Waals surface area contributed by atoms with Crippen molar-refractivity contribution < 1.29 is 9.59 Å². The molecule has 4 rings (SSSR count). The Morgan fingerprint density at radius 2 is 2.00 bits per heavy atom. The molecule has 0 bridgehead atoms. The Balaban J connectivity index is 1.68. The largest absolute Gasteiger partial charge is 0.361 e. The van der Waals surface area contributed by atoms with Gasteiger partial charge in [-0.2, -0.15) is 5.10 Å². The minimum atomic E-state index is -0.881. The quantitative estimate of drug-likeness (QED) is 0.859. The number of carbonyl (C=O) groups excluding carboxylic acids is 2. The van der Waals surface area contributed by atoms with Crippen molar-refractivity contribution in [2.75, 3.05) is 6.54 Å². The zero-order chi connectivity index (χ0) is 16.8. The third-order valence-corrected chi connectivity index (χ3v) is 5.14. The summed E-state index contributed by atoms with van der Waals surface area (Å²) >= 11 is 0. The third-order valence-electron chi connectivity index (χ3n) is 5.14. The summed E-state index contributed by atoms with van der Waals surface area (Å²) in [5, 5.41) is 5.79. The minimum absolute atomic E-state index is 0.100. The van der Waals surface area contributed by atoms with E-state index in [4.69, 9.17) is 5.73 Å². The second-order valence-electron chi connectivity index (χ2n) is 7.18. The number of hydrogen-bond acceptors (Lipinski definition) is 3. The molecule has 2 atom stereocenters. The van der Waals surface area contributed by atoms with Gasteiger partial charge in [0.1, 0.15) is 0 Å². The molecule has 1 aliphatic carbocycles. The van der Waals surface area contributed by atoms with Gasteiger partial charge < -0.3 is 10.6 Å². The average molecular weight is 326 g/mol. The van der Waals surface area contributed by atoms with Crippen LogP contribution in [0, 0.1) is 5.92 Å². The molecular formula is C18H22N4O2. The van der Waals surface area contributed by atoms with Crippen molar-refractivity contribution in [2.24, 2.45) is 11.7 Å². The fourth-order valence-electron chi connectivity index (χ4n) is 3.65. The smallest absolute Gasteiger partial charge is 0.312 e. The molecule has 2 N–H and O–H groups in total. The molecular weight excluding hydrogens is 304 g/mol. The van der Waals surface area contributed by atoms with E-state index >= 15 is 0 Å². The predicted molar refractivity (Wildman–Crippen MR) is 90.1 cm³/mol. The number of hydrogen-bond donors (Lipinski definition) is 1. The maximum absolute atomic E-state index is 12.2. The van der Waals surface area contributed by atoms with Gasteiger partial charge in [0.05, 0.1) is 17.6 Å². The Morgan fingerprint density at radius 3 is 2.71 bits per heavy atom. The summed E-state index contributed by atoms with van der Waals surface area (Å²) in [4.78, 5) is 25.3. The van der Waals surface area contributed by atoms with Gasteiger partial charge in [-0.05, 0) is 43.2 Å². The lowest BCUT2D eigenvalue weighted by Gasteiger charge is -2.38. The zero-order valence-electron chi connectivity index (χ0n) is 13.8. The van der Waals surface area contributed by atoms with Crippen LogP contribution in [0.1, 0.15) is 50.3 Å². The first-order valence-corrected chi connectivity index (χ1v) is 8.62. The van der Waals surface area contributed by atoms with Crippen molar-refractivity contribution in [3.05, 3.63) is 30.0 Å². The number of primary amides is 1. The first kappa shape index (κ1) is 15.2. The van der Waals surface area contributed by atoms with E-state index < -0.39 is 11.8 Å². The van der Waals surface area contributed by atoms with Crippen LogP contribution in [0.4, 0.5) is 0 Å². The summed E-state index contributed by atoms with van der Waals surface area (Å²) in [6.45, 7) is 2.67. The molecule has 1 saturated heterocycles. The zero-order valence-corrected chi connectivity index (χ0v) is 13.8. The van der Waals surface area contributed by atoms with Gasteiger partial charge in [0.25, 0.3) is 0 Å². The molecule has 2 aromatic rings. The van der Waals surface area contributed by atoms with Crippen LogP contribution in [0.3, 0.4) is 0 Å². The molecule has 1 aliphatic heterocycles. The fourth-order valence-corrected chi connectivity index (χ4v) is 3.65. The van der Waals surface area contributed by atoms with E-state index in [1.807, 2.05) is 10.7 Å². The number of fused-ring (bicyclic) bond motifs is 1. The van der Waals surface area contributed by atoms with Crippen LogP contribution in [-0.4, -0.2) is 33.0 Å². The SMILES string of the molecule is C[C@H]1CC[C@H](c2ccc3cn(C4CC4)nc3c2)N(C(=O)C(N)=O)C1. The van der Waals surface area contributed by atoms with Gasteiger partial charge in [0.2, 0.25) is 0 Å². The lowest BCUT2D eigenvalue weighted by Crippen LogP contribution is -2.46. The minimum Gasteiger partial charge on any atom is -0.361 e. The average Bonchev–Trinajstić information content (AvgIpc) is 3.33. The van der Waals surface area contributed by atoms with Crippen LogP contribution in [0.15, 0.2) is 24.4 Å². The Labute approximate surface area is 140 Å². The van der Waals surface area contributed by atoms with E-state index in [0.717, 1.165) is 29.3 Å². The molecule has 0 radical (unpaired) electrons. The van der Waals surface area contributed by atoms with Gasteiger partial charge in [-0.15, -0.1) is 0 Å². The first-order chi connectivity index (χ1) is 11.5. The van der Waals surface area contributed by atoms with Crippen molar-refractivity contribution in [3.8, 4) is 0 Å². The molecule has 0 spiro atoms. The molecule has 1 saturated carbocycles. The van der Waals surface area contributed by atoms with Gasteiger partial charge in [-0.3, -0.25) is 14.3 Å². The molecule has 24 heavy (non-hydrogen) atoms. The van der Waals surface area contributed by atoms with Crippen molar-refractivity contribution in [1.29, 1.82) is 0 Å². The molecule has 2 fully saturated rings. The van der Waals surface area contributed by atoms with Crippen molar-refractivity contribution in [1.82, 2.24) is 14.7 Å². The maximum Gasteiger partial charge on any atom is 0.312 e. The number of aromatic nitrogens is 2. The molecule has 126 valence electrons. The van der Waals surface area contributed by atoms with Crippen molar-refractivity contribution in [3.63, 3.8) is 0 Å². The molecule has 2 aliphatic rings. The number of carbonyl (C=O) groups is 2. The fraction of sp³-hybridized carbons (Fsp3) is 0.500. The number of nitrogens with zero attached hydrogens (tertiary/aromatic N) is 3. The Morgan fingerprint density at radius 1 is 1.21 bits per heavy atom. The third kappa shape index (κ3) is 2.66. The van der Waals surface area contributed by atoms with Crippen LogP contribution in [-0.2, 0) is 9.59 Å². The second-order valence-corrected chi connectivity index (χ2v) is 7.18. The summed E-state index contributed by atoms with van der Waals surface area (Å²) in [5.74, 6) is -1.09. The number of nitrogens with two attached hydrogens (primary N) is 1. The summed E-state index contributed by atoms with van der Waals surface area (Å²) in [6.07, 6.45) is 6.35. The Bertz CT molecular complexity index is 808. The van der Waals surface area contributed by atoms with Crippen LogP contribution in [0.2, 0.25) is 0 Å². The van der Waals surface area contributed by atoms with Gasteiger partial charge in [-0.1, -0.05) is 19.1 Å². The predicted octanol–water partition coefficient (Wildman–Crippen LogP) is 2.16. The lowest BCUT2D eigenvalue weighted by molar-refractivity contribution is -0.147. The molecule has 6 heteroatoms. The topological polar surface area (TPSA) is 81.2 Å². The van der Waals surface area contributed by atoms with Gasteiger partial charge >= 0.3 is 11.8 Å². The number of piperidine rings is 1. The second kappa shape index (κ2) is 5.61. The molecule has 1 aromatic carbocycles. The van der Waals surface area contributed by atoms with E-state index in [-0.39, 0.29) is 6.04 Å². The molecule has 0 unspecified atom stereocenters. The highest BCUT2D eigenvalue weighted by atomic mass is 16.2. The van der Waals surface area contributed by atoms with E-state index in [1.165, 1.54) is 12.8 Å². The van der Waals surface area contributed by atoms with Gasteiger partial charge in [0, 0.05) is 18.1 Å². The Hall–Kier alpha value is -2.37. The van der Waals surface area contributed by atoms with Crippen LogP contribution >= 0.6 is 0 Å². The summed E-state index contributed by atoms with van der Waals surface area (Å²) in [6, 6.07) is 6.60. The Kier molecular flexibility index (Phi) is 3.55. The van der Waals surface area contributed by atoms with Gasteiger partial charge in [0.15, 0.2) is 0 Å². The van der Waals surface area contributed by atoms with Crippen LogP contribution in [0.5, 0.6) is 0 Å². The first-order valence-electron chi connectivity index (χ1n) is 8.62. The highest BCUT2D eigenvalue weighted by Crippen LogP contribution is 2.37. The number of rotatable bonds is 2. The highest BCUT2D eigenvalue weighted by Gasteiger charge is 2.33. The van der Waals surface area contributed by atoms with E-state index in [1.54, 1.807) is 4.90 Å². The van der Waals surface area contributed by atoms with Crippen LogP contribution < -0.4 is 5.73 Å². The van der Waals surface area contributed by atoms with Crippen LogP contribution in [0.25, 0.3) is 10.9 Å². The lowest BCUT2D eigenvalue weighted by atomic mass is 9.89. The highest BCUT2D eigenvalue weighted by molar-refractivity contribution is 6.34. The number of likely N-dealkylation sites (tertiary alicyclic amines) is 1. The van der Waals surface area contributed by atoms with Crippen molar-refractivity contribution >= 4 is 22.7 Å². The number of benzene rings is 1. The summed E-state index contributed by atoms with van der Waals surface area (Å²) in [7, 11) is 0. The molecule has 6 nitrogen and oxygen atoms in total. The molecule has 1 aromatic heterocycles. The molecule has 2 amide bonds. The van der Waals surface area contributed by atoms with E-state index in [0.29, 0.717) is 18.5 Å².